The van der Waals surface area contributed by atoms with Gasteiger partial charge in [0.25, 0.3) is 0 Å². The fourth-order valence-electron chi connectivity index (χ4n) is 3.66. The van der Waals surface area contributed by atoms with Crippen LogP contribution in [0.5, 0.6) is 0 Å². The summed E-state index contributed by atoms with van der Waals surface area (Å²) in [6, 6.07) is 17.0. The zero-order chi connectivity index (χ0) is 24.1. The molecule has 2 N–H and O–H groups in total. The molecular weight excluding hydrogens is 452 g/mol. The van der Waals surface area contributed by atoms with Gasteiger partial charge in [-0.25, -0.2) is 9.59 Å². The molecule has 0 aliphatic carbocycles. The van der Waals surface area contributed by atoms with Gasteiger partial charge in [-0.3, -0.25) is 4.79 Å². The number of rotatable bonds is 8. The normalized spacial score (nSPS) is 10.8. The first kappa shape index (κ1) is 23.3. The van der Waals surface area contributed by atoms with Crippen LogP contribution in [-0.4, -0.2) is 29.4 Å². The fraction of sp³-hybridized carbons (Fsp3) is 0.192. The molecule has 2 aromatic carbocycles. The molecule has 0 atom stereocenters. The van der Waals surface area contributed by atoms with E-state index >= 15 is 0 Å². The molecule has 0 aliphatic rings. The third-order valence-electron chi connectivity index (χ3n) is 5.30. The molecule has 0 unspecified atom stereocenters. The van der Waals surface area contributed by atoms with Crippen LogP contribution in [0.1, 0.15) is 43.6 Å². The van der Waals surface area contributed by atoms with Crippen LogP contribution in [-0.2, 0) is 27.3 Å². The van der Waals surface area contributed by atoms with Gasteiger partial charge in [-0.2, -0.15) is 0 Å². The highest BCUT2D eigenvalue weighted by atomic mass is 32.1. The zero-order valence-electron chi connectivity index (χ0n) is 18.8. The third kappa shape index (κ3) is 5.02. The van der Waals surface area contributed by atoms with Crippen molar-refractivity contribution in [3.8, 4) is 0 Å². The van der Waals surface area contributed by atoms with Crippen LogP contribution in [0.25, 0.3) is 10.9 Å². The highest BCUT2D eigenvalue weighted by Gasteiger charge is 2.27. The molecule has 0 bridgehead atoms. The minimum atomic E-state index is -0.597. The lowest BCUT2D eigenvalue weighted by atomic mass is 10.1. The van der Waals surface area contributed by atoms with E-state index in [4.69, 9.17) is 9.47 Å². The number of nitrogens with one attached hydrogen (secondary N) is 2. The predicted octanol–water partition coefficient (Wildman–Crippen LogP) is 5.25. The number of anilines is 1. The van der Waals surface area contributed by atoms with Crippen LogP contribution < -0.4 is 5.32 Å². The second-order valence-corrected chi connectivity index (χ2v) is 8.65. The van der Waals surface area contributed by atoms with E-state index in [1.807, 2.05) is 54.6 Å². The lowest BCUT2D eigenvalue weighted by Gasteiger charge is -2.07. The molecule has 8 heteroatoms. The van der Waals surface area contributed by atoms with Crippen molar-refractivity contribution >= 4 is 45.1 Å². The summed E-state index contributed by atoms with van der Waals surface area (Å²) < 4.78 is 10.6. The molecular formula is C26H24N2O5S. The van der Waals surface area contributed by atoms with Crippen molar-refractivity contribution in [2.24, 2.45) is 0 Å². The number of carbonyl (C=O) groups excluding carboxylic acids is 3. The van der Waals surface area contributed by atoms with E-state index in [1.54, 1.807) is 20.0 Å². The molecule has 0 aliphatic heterocycles. The van der Waals surface area contributed by atoms with Crippen molar-refractivity contribution in [3.05, 3.63) is 87.9 Å². The van der Waals surface area contributed by atoms with Crippen LogP contribution in [0.3, 0.4) is 0 Å². The highest BCUT2D eigenvalue weighted by Crippen LogP contribution is 2.34. The molecule has 7 nitrogen and oxygen atoms in total. The number of hydrogen-bond acceptors (Lipinski definition) is 6. The average Bonchev–Trinajstić information content (AvgIpc) is 3.39. The van der Waals surface area contributed by atoms with Crippen LogP contribution in [0.15, 0.2) is 60.8 Å². The molecule has 2 heterocycles. The van der Waals surface area contributed by atoms with Crippen molar-refractivity contribution in [1.82, 2.24) is 4.98 Å². The minimum absolute atomic E-state index is 0.105. The van der Waals surface area contributed by atoms with Gasteiger partial charge in [0.05, 0.1) is 18.6 Å². The van der Waals surface area contributed by atoms with Crippen LogP contribution >= 0.6 is 11.3 Å². The van der Waals surface area contributed by atoms with Crippen molar-refractivity contribution in [2.75, 3.05) is 11.9 Å². The third-order valence-corrected chi connectivity index (χ3v) is 6.49. The molecule has 1 amide bonds. The van der Waals surface area contributed by atoms with E-state index in [2.05, 4.69) is 10.3 Å². The zero-order valence-corrected chi connectivity index (χ0v) is 19.7. The summed E-state index contributed by atoms with van der Waals surface area (Å²) in [7, 11) is 0. The summed E-state index contributed by atoms with van der Waals surface area (Å²) >= 11 is 1.01. The van der Waals surface area contributed by atoms with E-state index in [-0.39, 0.29) is 41.0 Å². The van der Waals surface area contributed by atoms with Gasteiger partial charge in [-0.05, 0) is 36.6 Å². The van der Waals surface area contributed by atoms with E-state index in [0.29, 0.717) is 5.56 Å². The summed E-state index contributed by atoms with van der Waals surface area (Å²) in [6.07, 6.45) is 1.90. The molecule has 174 valence electrons. The van der Waals surface area contributed by atoms with Gasteiger partial charge in [0.15, 0.2) is 0 Å². The van der Waals surface area contributed by atoms with Gasteiger partial charge in [-0.15, -0.1) is 11.3 Å². The molecule has 4 rings (SSSR count). The van der Waals surface area contributed by atoms with E-state index < -0.39 is 11.9 Å². The number of aromatic nitrogens is 1. The first-order valence-electron chi connectivity index (χ1n) is 10.8. The topological polar surface area (TPSA) is 97.5 Å². The quantitative estimate of drug-likeness (QED) is 0.339. The summed E-state index contributed by atoms with van der Waals surface area (Å²) in [5, 5.41) is 4.03. The Bertz CT molecular complexity index is 1340. The largest absolute Gasteiger partial charge is 0.462 e. The lowest BCUT2D eigenvalue weighted by molar-refractivity contribution is -0.115. The number of para-hydroxylation sites is 1. The first-order chi connectivity index (χ1) is 16.5. The monoisotopic (exact) mass is 476 g/mol. The Morgan fingerprint density at radius 2 is 1.71 bits per heavy atom. The molecule has 0 radical (unpaired) electrons. The maximum atomic E-state index is 12.9. The highest BCUT2D eigenvalue weighted by molar-refractivity contribution is 7.18. The van der Waals surface area contributed by atoms with Gasteiger partial charge in [0.1, 0.15) is 16.5 Å². The number of esters is 2. The lowest BCUT2D eigenvalue weighted by Crippen LogP contribution is -2.16. The number of aromatic amines is 1. The Kier molecular flexibility index (Phi) is 7.08. The Morgan fingerprint density at radius 3 is 2.47 bits per heavy atom. The standard InChI is InChI=1S/C26H24N2O5S/c1-3-32-25(30)22-16(2)23(26(31)33-15-17-9-5-4-6-10-17)34-24(22)28-21(29)13-18-14-27-20-12-8-7-11-19(18)20/h4-12,14,27H,3,13,15H2,1-2H3,(H,28,29). The Morgan fingerprint density at radius 1 is 0.971 bits per heavy atom. The Labute approximate surface area is 200 Å². The van der Waals surface area contributed by atoms with Gasteiger partial charge < -0.3 is 19.8 Å². The van der Waals surface area contributed by atoms with Crippen molar-refractivity contribution in [3.63, 3.8) is 0 Å². The van der Waals surface area contributed by atoms with Crippen LogP contribution in [0.4, 0.5) is 5.00 Å². The second kappa shape index (κ2) is 10.4. The predicted molar refractivity (Wildman–Crippen MR) is 131 cm³/mol. The number of benzene rings is 2. The van der Waals surface area contributed by atoms with Crippen LogP contribution in [0, 0.1) is 6.92 Å². The van der Waals surface area contributed by atoms with Gasteiger partial charge in [-0.1, -0.05) is 48.5 Å². The second-order valence-electron chi connectivity index (χ2n) is 7.63. The van der Waals surface area contributed by atoms with E-state index in [9.17, 15) is 14.4 Å². The summed E-state index contributed by atoms with van der Waals surface area (Å²) in [5.74, 6) is -1.46. The Hall–Kier alpha value is -3.91. The number of H-pyrrole nitrogens is 1. The number of fused-ring (bicyclic) bond motifs is 1. The number of carbonyl (C=O) groups is 3. The summed E-state index contributed by atoms with van der Waals surface area (Å²) in [6.45, 7) is 3.62. The maximum absolute atomic E-state index is 12.9. The summed E-state index contributed by atoms with van der Waals surface area (Å²) in [5.41, 5.74) is 3.21. The van der Waals surface area contributed by atoms with Gasteiger partial charge >= 0.3 is 11.9 Å². The van der Waals surface area contributed by atoms with Crippen LogP contribution in [0.2, 0.25) is 0 Å². The Balaban J connectivity index is 1.55. The molecule has 0 saturated heterocycles. The molecule has 0 saturated carbocycles. The number of ether oxygens (including phenoxy) is 2. The van der Waals surface area contributed by atoms with E-state index in [1.165, 1.54) is 0 Å². The van der Waals surface area contributed by atoms with Crippen molar-refractivity contribution in [1.29, 1.82) is 0 Å². The first-order valence-corrected chi connectivity index (χ1v) is 11.7. The number of amides is 1. The van der Waals surface area contributed by atoms with Gasteiger partial charge in [0.2, 0.25) is 5.91 Å². The smallest absolute Gasteiger partial charge is 0.349 e. The SMILES string of the molecule is CCOC(=O)c1c(NC(=O)Cc2c[nH]c3ccccc23)sc(C(=O)OCc2ccccc2)c1C. The maximum Gasteiger partial charge on any atom is 0.349 e. The minimum Gasteiger partial charge on any atom is -0.462 e. The number of hydrogen-bond donors (Lipinski definition) is 2. The molecule has 0 spiro atoms. The summed E-state index contributed by atoms with van der Waals surface area (Å²) in [4.78, 5) is 41.7. The van der Waals surface area contributed by atoms with Crippen molar-refractivity contribution in [2.45, 2.75) is 26.9 Å². The molecule has 2 aromatic heterocycles. The molecule has 0 fully saturated rings. The average molecular weight is 477 g/mol. The van der Waals surface area contributed by atoms with Gasteiger partial charge in [0, 0.05) is 17.1 Å². The molecule has 4 aromatic rings. The fourth-order valence-corrected chi connectivity index (χ4v) is 4.76. The van der Waals surface area contributed by atoms with E-state index in [0.717, 1.165) is 33.4 Å². The van der Waals surface area contributed by atoms with Crippen molar-refractivity contribution < 1.29 is 23.9 Å². The number of thiophene rings is 1. The molecule has 34 heavy (non-hydrogen) atoms.